The number of rotatable bonds is 7. The van der Waals surface area contributed by atoms with Gasteiger partial charge in [0, 0.05) is 4.47 Å². The van der Waals surface area contributed by atoms with Gasteiger partial charge in [-0.1, -0.05) is 28.1 Å². The van der Waals surface area contributed by atoms with Crippen molar-refractivity contribution in [1.29, 1.82) is 0 Å². The van der Waals surface area contributed by atoms with Gasteiger partial charge in [-0.15, -0.1) is 0 Å². The summed E-state index contributed by atoms with van der Waals surface area (Å²) in [6, 6.07) is 5.73. The van der Waals surface area contributed by atoms with Crippen LogP contribution in [0.3, 0.4) is 0 Å². The summed E-state index contributed by atoms with van der Waals surface area (Å²) in [6.45, 7) is 2.44. The van der Waals surface area contributed by atoms with Crippen molar-refractivity contribution in [3.05, 3.63) is 34.3 Å². The summed E-state index contributed by atoms with van der Waals surface area (Å²) in [5, 5.41) is 9.11. The molecule has 23 heavy (non-hydrogen) atoms. The number of carboxylic acids is 1. The van der Waals surface area contributed by atoms with Crippen LogP contribution in [0.1, 0.15) is 44.6 Å². The zero-order chi connectivity index (χ0) is 17.8. The van der Waals surface area contributed by atoms with Crippen molar-refractivity contribution >= 4 is 21.9 Å². The Morgan fingerprint density at radius 2 is 1.65 bits per heavy atom. The number of halogens is 5. The van der Waals surface area contributed by atoms with Crippen molar-refractivity contribution in [1.82, 2.24) is 0 Å². The maximum Gasteiger partial charge on any atom is 0.395 e. The molecule has 0 aliphatic heterocycles. The minimum Gasteiger partial charge on any atom is -0.481 e. The Balaban J connectivity index is 2.89. The van der Waals surface area contributed by atoms with E-state index >= 15 is 0 Å². The summed E-state index contributed by atoms with van der Waals surface area (Å²) in [6.07, 6.45) is -5.42. The lowest BCUT2D eigenvalue weighted by Gasteiger charge is -2.24. The van der Waals surface area contributed by atoms with Gasteiger partial charge in [-0.25, -0.2) is 4.39 Å². The molecule has 2 atom stereocenters. The van der Waals surface area contributed by atoms with E-state index in [1.54, 1.807) is 0 Å². The molecule has 0 heterocycles. The molecule has 0 radical (unpaired) electrons. The Morgan fingerprint density at radius 1 is 1.13 bits per heavy atom. The molecule has 130 valence electrons. The number of benzene rings is 1. The molecular formula is C16H19BrF4O2. The van der Waals surface area contributed by atoms with Crippen molar-refractivity contribution in [2.45, 2.75) is 50.9 Å². The molecule has 0 fully saturated rings. The number of hydrogen-bond donors (Lipinski definition) is 1. The lowest BCUT2D eigenvalue weighted by molar-refractivity contribution is -0.155. The van der Waals surface area contributed by atoms with Gasteiger partial charge in [0.25, 0.3) is 0 Å². The topological polar surface area (TPSA) is 37.3 Å². The fraction of sp³-hybridized carbons (Fsp3) is 0.562. The number of aliphatic carboxylic acids is 1. The summed E-state index contributed by atoms with van der Waals surface area (Å²) in [4.78, 5) is 11.2. The molecule has 0 bridgehead atoms. The average molecular weight is 399 g/mol. The largest absolute Gasteiger partial charge is 0.481 e. The molecule has 0 amide bonds. The van der Waals surface area contributed by atoms with E-state index in [9.17, 15) is 22.4 Å². The second-order valence-electron chi connectivity index (χ2n) is 6.18. The second-order valence-corrected chi connectivity index (χ2v) is 7.10. The van der Waals surface area contributed by atoms with Crippen molar-refractivity contribution < 1.29 is 27.5 Å². The van der Waals surface area contributed by atoms with E-state index in [1.807, 2.05) is 0 Å². The van der Waals surface area contributed by atoms with Gasteiger partial charge in [-0.3, -0.25) is 4.79 Å². The van der Waals surface area contributed by atoms with Crippen LogP contribution in [0.15, 0.2) is 28.7 Å². The van der Waals surface area contributed by atoms with Crippen LogP contribution in [0.4, 0.5) is 17.6 Å². The van der Waals surface area contributed by atoms with Crippen LogP contribution < -0.4 is 0 Å². The van der Waals surface area contributed by atoms with E-state index in [2.05, 4.69) is 15.9 Å². The third-order valence-corrected chi connectivity index (χ3v) is 4.08. The highest BCUT2D eigenvalue weighted by atomic mass is 79.9. The lowest BCUT2D eigenvalue weighted by Crippen LogP contribution is -2.27. The molecule has 1 unspecified atom stereocenters. The molecule has 1 N–H and O–H groups in total. The zero-order valence-corrected chi connectivity index (χ0v) is 14.4. The Bertz CT molecular complexity index is 520. The summed E-state index contributed by atoms with van der Waals surface area (Å²) in [7, 11) is 0. The SMILES string of the molecule is CC(C)(F)CC(CC[C@@H](c1ccc(Br)cc1)C(F)(F)F)C(=O)O. The molecule has 0 saturated heterocycles. The lowest BCUT2D eigenvalue weighted by atomic mass is 9.86. The average Bonchev–Trinajstić information content (AvgIpc) is 2.36. The monoisotopic (exact) mass is 398 g/mol. The van der Waals surface area contributed by atoms with E-state index in [4.69, 9.17) is 5.11 Å². The first-order valence-electron chi connectivity index (χ1n) is 7.14. The van der Waals surface area contributed by atoms with Crippen LogP contribution in [0, 0.1) is 5.92 Å². The van der Waals surface area contributed by atoms with Crippen molar-refractivity contribution in [3.8, 4) is 0 Å². The quantitative estimate of drug-likeness (QED) is 0.596. The van der Waals surface area contributed by atoms with Gasteiger partial charge in [0.2, 0.25) is 0 Å². The molecule has 0 spiro atoms. The third kappa shape index (κ3) is 6.89. The standard InChI is InChI=1S/C16H19BrF4O2/c1-15(2,18)9-11(14(22)23)5-8-13(16(19,20)21)10-3-6-12(17)7-4-10/h3-4,6-7,11,13H,5,8-9H2,1-2H3,(H,22,23)/t11?,13-/m0/s1. The van der Waals surface area contributed by atoms with Gasteiger partial charge in [0.15, 0.2) is 0 Å². The molecule has 0 aliphatic carbocycles. The Hall–Kier alpha value is -1.11. The van der Waals surface area contributed by atoms with E-state index in [1.165, 1.54) is 38.1 Å². The maximum absolute atomic E-state index is 13.6. The first-order valence-corrected chi connectivity index (χ1v) is 7.93. The minimum absolute atomic E-state index is 0.0735. The summed E-state index contributed by atoms with van der Waals surface area (Å²) < 4.78 is 54.1. The highest BCUT2D eigenvalue weighted by molar-refractivity contribution is 9.10. The predicted octanol–water partition coefficient (Wildman–Crippen LogP) is 5.71. The van der Waals surface area contributed by atoms with Crippen LogP contribution in [-0.2, 0) is 4.79 Å². The van der Waals surface area contributed by atoms with E-state index in [0.717, 1.165) is 0 Å². The maximum atomic E-state index is 13.6. The van der Waals surface area contributed by atoms with Crippen LogP contribution in [0.5, 0.6) is 0 Å². The van der Waals surface area contributed by atoms with Crippen LogP contribution in [0.2, 0.25) is 0 Å². The van der Waals surface area contributed by atoms with Crippen LogP contribution in [-0.4, -0.2) is 22.9 Å². The molecule has 7 heteroatoms. The molecule has 2 nitrogen and oxygen atoms in total. The van der Waals surface area contributed by atoms with Gasteiger partial charge in [-0.05, 0) is 50.8 Å². The van der Waals surface area contributed by atoms with Crippen LogP contribution in [0.25, 0.3) is 0 Å². The van der Waals surface area contributed by atoms with Crippen molar-refractivity contribution in [3.63, 3.8) is 0 Å². The zero-order valence-electron chi connectivity index (χ0n) is 12.8. The highest BCUT2D eigenvalue weighted by Crippen LogP contribution is 2.40. The fourth-order valence-electron chi connectivity index (χ4n) is 2.48. The van der Waals surface area contributed by atoms with Gasteiger partial charge in [0.05, 0.1) is 11.8 Å². The molecule has 1 aromatic rings. The van der Waals surface area contributed by atoms with Crippen molar-refractivity contribution in [2.24, 2.45) is 5.92 Å². The molecule has 1 aromatic carbocycles. The number of hydrogen-bond acceptors (Lipinski definition) is 1. The second kappa shape index (κ2) is 7.64. The predicted molar refractivity (Wildman–Crippen MR) is 83.1 cm³/mol. The van der Waals surface area contributed by atoms with Gasteiger partial charge in [-0.2, -0.15) is 13.2 Å². The Labute approximate surface area is 141 Å². The van der Waals surface area contributed by atoms with E-state index < -0.39 is 36.1 Å². The van der Waals surface area contributed by atoms with Gasteiger partial charge >= 0.3 is 12.1 Å². The first-order chi connectivity index (χ1) is 10.4. The van der Waals surface area contributed by atoms with Gasteiger partial charge < -0.3 is 5.11 Å². The number of carbonyl (C=O) groups is 1. The Morgan fingerprint density at radius 3 is 2.04 bits per heavy atom. The van der Waals surface area contributed by atoms with Gasteiger partial charge in [0.1, 0.15) is 5.67 Å². The molecule has 1 rings (SSSR count). The minimum atomic E-state index is -4.48. The normalized spacial score (nSPS) is 15.3. The third-order valence-electron chi connectivity index (χ3n) is 3.55. The molecule has 0 saturated carbocycles. The fourth-order valence-corrected chi connectivity index (χ4v) is 2.75. The summed E-state index contributed by atoms with van der Waals surface area (Å²) in [5.41, 5.74) is -1.67. The smallest absolute Gasteiger partial charge is 0.395 e. The van der Waals surface area contributed by atoms with E-state index in [0.29, 0.717) is 4.47 Å². The molecule has 0 aliphatic rings. The first kappa shape index (κ1) is 19.9. The highest BCUT2D eigenvalue weighted by Gasteiger charge is 2.41. The van der Waals surface area contributed by atoms with E-state index in [-0.39, 0.29) is 18.4 Å². The number of carboxylic acid groups (broad SMARTS) is 1. The van der Waals surface area contributed by atoms with Crippen LogP contribution >= 0.6 is 15.9 Å². The molecule has 0 aromatic heterocycles. The molecular weight excluding hydrogens is 380 g/mol. The Kier molecular flexibility index (Phi) is 6.62. The summed E-state index contributed by atoms with van der Waals surface area (Å²) in [5.74, 6) is -4.18. The number of alkyl halides is 4. The summed E-state index contributed by atoms with van der Waals surface area (Å²) >= 11 is 3.16. The van der Waals surface area contributed by atoms with Crippen molar-refractivity contribution in [2.75, 3.05) is 0 Å².